The smallest absolute Gasteiger partial charge is 0.330 e. The fourth-order valence-corrected chi connectivity index (χ4v) is 1.81. The number of carbonyl (C=O) groups is 1. The van der Waals surface area contributed by atoms with E-state index in [1.165, 1.54) is 0 Å². The van der Waals surface area contributed by atoms with Crippen LogP contribution in [0.25, 0.3) is 0 Å². The molecule has 0 amide bonds. The van der Waals surface area contributed by atoms with Crippen LogP contribution < -0.4 is 0 Å². The molecule has 0 aliphatic carbocycles. The monoisotopic (exact) mass is 260 g/mol. The van der Waals surface area contributed by atoms with E-state index in [0.717, 1.165) is 6.08 Å². The van der Waals surface area contributed by atoms with Crippen LogP contribution >= 0.6 is 0 Å². The van der Waals surface area contributed by atoms with Crippen LogP contribution in [0.2, 0.25) is 0 Å². The maximum absolute atomic E-state index is 11.2. The molecule has 0 aromatic carbocycles. The summed E-state index contributed by atoms with van der Waals surface area (Å²) in [5.74, 6) is -0.556. The van der Waals surface area contributed by atoms with Crippen molar-refractivity contribution >= 4 is 5.97 Å². The Bertz CT molecular complexity index is 314. The van der Waals surface area contributed by atoms with E-state index in [-0.39, 0.29) is 13.2 Å². The highest BCUT2D eigenvalue weighted by atomic mass is 16.5. The number of hydrogen-bond donors (Lipinski definition) is 3. The second kappa shape index (κ2) is 6.84. The summed E-state index contributed by atoms with van der Waals surface area (Å²) in [5.41, 5.74) is 0.326. The topological polar surface area (TPSA) is 96.2 Å². The largest absolute Gasteiger partial charge is 0.463 e. The third-order valence-corrected chi connectivity index (χ3v) is 2.86. The predicted octanol–water partition coefficient (Wildman–Crippen LogP) is -0.633. The lowest BCUT2D eigenvalue weighted by Gasteiger charge is -2.35. The number of aliphatic hydroxyl groups is 3. The van der Waals surface area contributed by atoms with Gasteiger partial charge in [-0.2, -0.15) is 0 Å². The van der Waals surface area contributed by atoms with Crippen LogP contribution in [0.15, 0.2) is 11.6 Å². The molecule has 18 heavy (non-hydrogen) atoms. The molecule has 4 atom stereocenters. The third kappa shape index (κ3) is 3.78. The van der Waals surface area contributed by atoms with Gasteiger partial charge in [0.2, 0.25) is 0 Å². The van der Waals surface area contributed by atoms with Crippen molar-refractivity contribution in [3.8, 4) is 0 Å². The van der Waals surface area contributed by atoms with E-state index in [1.54, 1.807) is 13.8 Å². The Labute approximate surface area is 106 Å². The van der Waals surface area contributed by atoms with Crippen LogP contribution in [0.5, 0.6) is 0 Å². The quantitative estimate of drug-likeness (QED) is 0.460. The second-order valence-corrected chi connectivity index (χ2v) is 4.27. The molecular weight excluding hydrogens is 240 g/mol. The second-order valence-electron chi connectivity index (χ2n) is 4.27. The first-order valence-electron chi connectivity index (χ1n) is 5.98. The number of hydrogen-bond acceptors (Lipinski definition) is 6. The van der Waals surface area contributed by atoms with E-state index in [0.29, 0.717) is 12.0 Å². The summed E-state index contributed by atoms with van der Waals surface area (Å²) in [6.45, 7) is 3.73. The zero-order valence-corrected chi connectivity index (χ0v) is 10.6. The lowest BCUT2D eigenvalue weighted by atomic mass is 9.94. The molecule has 1 rings (SSSR count). The van der Waals surface area contributed by atoms with Crippen LogP contribution in [-0.4, -0.2) is 58.9 Å². The SMILES string of the molecule is CCOC(=O)/C=C(\C)[C@@H](O)[C@@H]1OCC[C@@H](O)[C@H]1O. The van der Waals surface area contributed by atoms with Crippen molar-refractivity contribution in [1.29, 1.82) is 0 Å². The van der Waals surface area contributed by atoms with E-state index < -0.39 is 30.4 Å². The number of ether oxygens (including phenoxy) is 2. The standard InChI is InChI=1S/C12H20O6/c1-3-17-9(14)6-7(2)10(15)12-11(16)8(13)4-5-18-12/h6,8,10-13,15-16H,3-5H2,1-2H3/b7-6+/t8-,10-,11-,12+/m1/s1. The van der Waals surface area contributed by atoms with Crippen molar-refractivity contribution in [3.05, 3.63) is 11.6 Å². The maximum atomic E-state index is 11.2. The van der Waals surface area contributed by atoms with Crippen molar-refractivity contribution in [1.82, 2.24) is 0 Å². The molecule has 6 heteroatoms. The number of rotatable bonds is 4. The van der Waals surface area contributed by atoms with Gasteiger partial charge in [-0.05, 0) is 25.8 Å². The molecule has 0 aromatic heterocycles. The van der Waals surface area contributed by atoms with Crippen LogP contribution in [-0.2, 0) is 14.3 Å². The van der Waals surface area contributed by atoms with Gasteiger partial charge in [0, 0.05) is 12.7 Å². The average Bonchev–Trinajstić information content (AvgIpc) is 2.32. The van der Waals surface area contributed by atoms with Crippen molar-refractivity contribution in [2.45, 2.75) is 44.7 Å². The molecule has 3 N–H and O–H groups in total. The van der Waals surface area contributed by atoms with Crippen LogP contribution in [0, 0.1) is 0 Å². The number of carbonyl (C=O) groups excluding carboxylic acids is 1. The molecule has 0 unspecified atom stereocenters. The minimum atomic E-state index is -1.17. The molecule has 104 valence electrons. The molecule has 1 fully saturated rings. The van der Waals surface area contributed by atoms with Gasteiger partial charge in [0.15, 0.2) is 0 Å². The van der Waals surface area contributed by atoms with Crippen LogP contribution in [0.1, 0.15) is 20.3 Å². The number of aliphatic hydroxyl groups excluding tert-OH is 3. The van der Waals surface area contributed by atoms with Gasteiger partial charge in [-0.1, -0.05) is 0 Å². The molecule has 0 spiro atoms. The van der Waals surface area contributed by atoms with Gasteiger partial charge in [0.05, 0.1) is 12.7 Å². The highest BCUT2D eigenvalue weighted by Gasteiger charge is 2.37. The van der Waals surface area contributed by atoms with Gasteiger partial charge >= 0.3 is 5.97 Å². The van der Waals surface area contributed by atoms with Crippen molar-refractivity contribution in [2.24, 2.45) is 0 Å². The summed E-state index contributed by atoms with van der Waals surface area (Å²) in [7, 11) is 0. The predicted molar refractivity (Wildman–Crippen MR) is 62.8 cm³/mol. The minimum Gasteiger partial charge on any atom is -0.463 e. The van der Waals surface area contributed by atoms with Crippen molar-refractivity contribution in [2.75, 3.05) is 13.2 Å². The lowest BCUT2D eigenvalue weighted by molar-refractivity contribution is -0.163. The summed E-state index contributed by atoms with van der Waals surface area (Å²) in [4.78, 5) is 11.2. The van der Waals surface area contributed by atoms with Gasteiger partial charge in [0.1, 0.15) is 18.3 Å². The Kier molecular flexibility index (Phi) is 5.74. The van der Waals surface area contributed by atoms with E-state index in [2.05, 4.69) is 0 Å². The Hall–Kier alpha value is -0.950. The molecule has 0 bridgehead atoms. The molecule has 1 aliphatic heterocycles. The first-order valence-corrected chi connectivity index (χ1v) is 5.98. The van der Waals surface area contributed by atoms with Crippen molar-refractivity contribution < 1.29 is 29.6 Å². The summed E-state index contributed by atoms with van der Waals surface area (Å²) in [6.07, 6.45) is -2.69. The van der Waals surface area contributed by atoms with E-state index in [4.69, 9.17) is 9.47 Å². The summed E-state index contributed by atoms with van der Waals surface area (Å²) in [5, 5.41) is 29.2. The normalized spacial score (nSPS) is 30.9. The van der Waals surface area contributed by atoms with E-state index >= 15 is 0 Å². The van der Waals surface area contributed by atoms with Gasteiger partial charge in [-0.3, -0.25) is 0 Å². The minimum absolute atomic E-state index is 0.250. The summed E-state index contributed by atoms with van der Waals surface area (Å²) in [6, 6.07) is 0. The third-order valence-electron chi connectivity index (χ3n) is 2.86. The van der Waals surface area contributed by atoms with E-state index in [1.807, 2.05) is 0 Å². The fourth-order valence-electron chi connectivity index (χ4n) is 1.81. The highest BCUT2D eigenvalue weighted by molar-refractivity contribution is 5.82. The molecule has 1 heterocycles. The van der Waals surface area contributed by atoms with Gasteiger partial charge < -0.3 is 24.8 Å². The maximum Gasteiger partial charge on any atom is 0.330 e. The molecule has 0 saturated carbocycles. The Balaban J connectivity index is 2.67. The first kappa shape index (κ1) is 15.1. The van der Waals surface area contributed by atoms with Crippen LogP contribution in [0.4, 0.5) is 0 Å². The molecule has 1 saturated heterocycles. The Morgan fingerprint density at radius 1 is 1.56 bits per heavy atom. The zero-order valence-electron chi connectivity index (χ0n) is 10.6. The zero-order chi connectivity index (χ0) is 13.7. The Morgan fingerprint density at radius 3 is 2.83 bits per heavy atom. The average molecular weight is 260 g/mol. The van der Waals surface area contributed by atoms with E-state index in [9.17, 15) is 20.1 Å². The van der Waals surface area contributed by atoms with Gasteiger partial charge in [0.25, 0.3) is 0 Å². The van der Waals surface area contributed by atoms with Crippen LogP contribution in [0.3, 0.4) is 0 Å². The molecule has 0 aromatic rings. The fraction of sp³-hybridized carbons (Fsp3) is 0.750. The van der Waals surface area contributed by atoms with Gasteiger partial charge in [-0.25, -0.2) is 4.79 Å². The Morgan fingerprint density at radius 2 is 2.22 bits per heavy atom. The van der Waals surface area contributed by atoms with Gasteiger partial charge in [-0.15, -0.1) is 0 Å². The molecule has 1 aliphatic rings. The molecular formula is C12H20O6. The lowest BCUT2D eigenvalue weighted by Crippen LogP contribution is -2.50. The first-order chi connectivity index (χ1) is 8.47. The summed E-state index contributed by atoms with van der Waals surface area (Å²) >= 11 is 0. The summed E-state index contributed by atoms with van der Waals surface area (Å²) < 4.78 is 9.95. The number of esters is 1. The van der Waals surface area contributed by atoms with Crippen molar-refractivity contribution in [3.63, 3.8) is 0 Å². The highest BCUT2D eigenvalue weighted by Crippen LogP contribution is 2.21. The molecule has 6 nitrogen and oxygen atoms in total. The molecule has 0 radical (unpaired) electrons.